The standard InChI is InChI=1S/C20H28O4S2Si/c1-20(2,3)27(5,6)24-14-16-12-11-15(25-26-16)13-23-18-10-8-7-9-17(18)19(21)22-4/h7-12H,13-14H2,1-6H3. The van der Waals surface area contributed by atoms with Crippen LogP contribution in [0.25, 0.3) is 0 Å². The molecule has 0 bridgehead atoms. The molecule has 0 aliphatic carbocycles. The molecular weight excluding hydrogens is 396 g/mol. The number of methoxy groups -OCH3 is 1. The molecule has 0 radical (unpaired) electrons. The highest BCUT2D eigenvalue weighted by Crippen LogP contribution is 2.42. The number of carbonyl (C=O) groups is 1. The molecule has 148 valence electrons. The van der Waals surface area contributed by atoms with Crippen molar-refractivity contribution in [1.82, 2.24) is 0 Å². The van der Waals surface area contributed by atoms with Crippen molar-refractivity contribution >= 4 is 35.9 Å². The van der Waals surface area contributed by atoms with E-state index in [0.717, 1.165) is 4.91 Å². The second kappa shape index (κ2) is 9.36. The lowest BCUT2D eigenvalue weighted by Crippen LogP contribution is -2.41. The van der Waals surface area contributed by atoms with E-state index in [9.17, 15) is 4.79 Å². The number of benzene rings is 1. The molecule has 0 aromatic heterocycles. The van der Waals surface area contributed by atoms with E-state index < -0.39 is 14.3 Å². The number of hydrogen-bond acceptors (Lipinski definition) is 6. The summed E-state index contributed by atoms with van der Waals surface area (Å²) >= 11 is 0. The fourth-order valence-corrected chi connectivity index (χ4v) is 4.97. The van der Waals surface area contributed by atoms with Crippen LogP contribution in [0.2, 0.25) is 18.1 Å². The fourth-order valence-electron chi connectivity index (χ4n) is 1.98. The summed E-state index contributed by atoms with van der Waals surface area (Å²) in [5, 5.41) is 0.210. The molecule has 1 heterocycles. The zero-order valence-electron chi connectivity index (χ0n) is 16.8. The highest BCUT2D eigenvalue weighted by molar-refractivity contribution is 8.79. The van der Waals surface area contributed by atoms with Crippen molar-refractivity contribution in [2.75, 3.05) is 20.3 Å². The molecule has 0 saturated heterocycles. The van der Waals surface area contributed by atoms with Gasteiger partial charge >= 0.3 is 5.97 Å². The maximum Gasteiger partial charge on any atom is 0.341 e. The van der Waals surface area contributed by atoms with Crippen molar-refractivity contribution in [2.24, 2.45) is 0 Å². The maximum atomic E-state index is 11.8. The van der Waals surface area contributed by atoms with Crippen molar-refractivity contribution in [3.05, 3.63) is 51.8 Å². The van der Waals surface area contributed by atoms with E-state index in [1.807, 2.05) is 6.07 Å². The van der Waals surface area contributed by atoms with Gasteiger partial charge in [-0.1, -0.05) is 54.5 Å². The first kappa shape index (κ1) is 22.1. The van der Waals surface area contributed by atoms with Gasteiger partial charge in [-0.15, -0.1) is 0 Å². The third-order valence-corrected chi connectivity index (χ3v) is 11.8. The number of ether oxygens (including phenoxy) is 2. The van der Waals surface area contributed by atoms with Crippen LogP contribution < -0.4 is 4.74 Å². The largest absolute Gasteiger partial charge is 0.487 e. The number of rotatable bonds is 7. The molecule has 0 saturated carbocycles. The minimum Gasteiger partial charge on any atom is -0.487 e. The van der Waals surface area contributed by atoms with Crippen molar-refractivity contribution in [1.29, 1.82) is 0 Å². The van der Waals surface area contributed by atoms with Crippen LogP contribution in [0, 0.1) is 0 Å². The molecule has 0 spiro atoms. The van der Waals surface area contributed by atoms with Crippen LogP contribution in [-0.2, 0) is 9.16 Å². The van der Waals surface area contributed by atoms with Gasteiger partial charge in [0.25, 0.3) is 0 Å². The number of allylic oxidation sites excluding steroid dienone is 2. The second-order valence-electron chi connectivity index (χ2n) is 7.76. The van der Waals surface area contributed by atoms with Crippen molar-refractivity contribution in [3.8, 4) is 5.75 Å². The molecule has 4 nitrogen and oxygen atoms in total. The van der Waals surface area contributed by atoms with Crippen LogP contribution in [0.15, 0.2) is 46.2 Å². The van der Waals surface area contributed by atoms with E-state index in [1.54, 1.807) is 39.8 Å². The minimum absolute atomic E-state index is 0.210. The molecule has 0 N–H and O–H groups in total. The summed E-state index contributed by atoms with van der Waals surface area (Å²) in [6.07, 6.45) is 4.16. The minimum atomic E-state index is -1.74. The van der Waals surface area contributed by atoms with Gasteiger partial charge in [-0.3, -0.25) is 0 Å². The van der Waals surface area contributed by atoms with E-state index in [1.165, 1.54) is 12.0 Å². The summed E-state index contributed by atoms with van der Waals surface area (Å²) in [6.45, 7) is 12.3. The lowest BCUT2D eigenvalue weighted by atomic mass is 10.2. The Morgan fingerprint density at radius 1 is 1.04 bits per heavy atom. The second-order valence-corrected chi connectivity index (χ2v) is 14.9. The van der Waals surface area contributed by atoms with Gasteiger partial charge in [0, 0.05) is 9.81 Å². The number of esters is 1. The molecule has 0 unspecified atom stereocenters. The quantitative estimate of drug-likeness (QED) is 0.302. The molecule has 2 rings (SSSR count). The molecule has 27 heavy (non-hydrogen) atoms. The SMILES string of the molecule is COC(=O)c1ccccc1OCC1=CC=C(CO[Si](C)(C)C(C)(C)C)SS1. The Hall–Kier alpha value is -1.15. The van der Waals surface area contributed by atoms with Gasteiger partial charge in [0.1, 0.15) is 17.9 Å². The molecule has 0 atom stereocenters. The number of carbonyl (C=O) groups excluding carboxylic acids is 1. The summed E-state index contributed by atoms with van der Waals surface area (Å²) < 4.78 is 16.9. The molecule has 0 fully saturated rings. The van der Waals surface area contributed by atoms with E-state index in [4.69, 9.17) is 13.9 Å². The average molecular weight is 425 g/mol. The van der Waals surface area contributed by atoms with E-state index in [0.29, 0.717) is 24.5 Å². The zero-order chi connectivity index (χ0) is 20.1. The predicted molar refractivity (Wildman–Crippen MR) is 118 cm³/mol. The monoisotopic (exact) mass is 424 g/mol. The van der Waals surface area contributed by atoms with Crippen LogP contribution in [0.5, 0.6) is 5.75 Å². The van der Waals surface area contributed by atoms with E-state index in [-0.39, 0.29) is 5.04 Å². The van der Waals surface area contributed by atoms with Gasteiger partial charge in [-0.2, -0.15) is 0 Å². The lowest BCUT2D eigenvalue weighted by molar-refractivity contribution is 0.0596. The van der Waals surface area contributed by atoms with Gasteiger partial charge in [0.05, 0.1) is 13.7 Å². The molecule has 1 aliphatic rings. The van der Waals surface area contributed by atoms with Crippen molar-refractivity contribution in [2.45, 2.75) is 38.9 Å². The molecular formula is C20H28O4S2Si. The smallest absolute Gasteiger partial charge is 0.341 e. The van der Waals surface area contributed by atoms with Gasteiger partial charge < -0.3 is 13.9 Å². The normalized spacial score (nSPS) is 15.0. The number of para-hydroxylation sites is 1. The van der Waals surface area contributed by atoms with Crippen molar-refractivity contribution < 1.29 is 18.7 Å². The first-order valence-electron chi connectivity index (χ1n) is 8.82. The van der Waals surface area contributed by atoms with Crippen LogP contribution in [0.4, 0.5) is 0 Å². The van der Waals surface area contributed by atoms with Gasteiger partial charge in [-0.05, 0) is 42.4 Å². The Bertz CT molecular complexity index is 736. The average Bonchev–Trinajstić information content (AvgIpc) is 2.64. The Morgan fingerprint density at radius 3 is 2.19 bits per heavy atom. The van der Waals surface area contributed by atoms with E-state index >= 15 is 0 Å². The predicted octanol–water partition coefficient (Wildman–Crippen LogP) is 6.04. The Kier molecular flexibility index (Phi) is 7.68. The zero-order valence-corrected chi connectivity index (χ0v) is 19.5. The topological polar surface area (TPSA) is 44.8 Å². The first-order valence-corrected chi connectivity index (χ1v) is 13.9. The summed E-state index contributed by atoms with van der Waals surface area (Å²) in [6, 6.07) is 7.12. The molecule has 7 heteroatoms. The van der Waals surface area contributed by atoms with Gasteiger partial charge in [-0.25, -0.2) is 4.79 Å². The Balaban J connectivity index is 1.93. The van der Waals surface area contributed by atoms with Crippen LogP contribution in [0.3, 0.4) is 0 Å². The fraction of sp³-hybridized carbons (Fsp3) is 0.450. The Labute approximate surface area is 171 Å². The first-order chi connectivity index (χ1) is 12.6. The molecule has 1 aliphatic heterocycles. The number of hydrogen-bond donors (Lipinski definition) is 0. The van der Waals surface area contributed by atoms with Gasteiger partial charge in [0.2, 0.25) is 0 Å². The van der Waals surface area contributed by atoms with Crippen LogP contribution in [0.1, 0.15) is 31.1 Å². The lowest BCUT2D eigenvalue weighted by Gasteiger charge is -2.36. The third kappa shape index (κ3) is 6.17. The van der Waals surface area contributed by atoms with Gasteiger partial charge in [0.15, 0.2) is 8.32 Å². The summed E-state index contributed by atoms with van der Waals surface area (Å²) in [7, 11) is 3.01. The maximum absolute atomic E-state index is 11.8. The van der Waals surface area contributed by atoms with Crippen molar-refractivity contribution in [3.63, 3.8) is 0 Å². The summed E-state index contributed by atoms with van der Waals surface area (Å²) in [4.78, 5) is 14.1. The molecule has 1 aromatic carbocycles. The Morgan fingerprint density at radius 2 is 1.63 bits per heavy atom. The van der Waals surface area contributed by atoms with Crippen LogP contribution >= 0.6 is 21.6 Å². The highest BCUT2D eigenvalue weighted by Gasteiger charge is 2.37. The molecule has 0 amide bonds. The summed E-state index contributed by atoms with van der Waals surface area (Å²) in [5.74, 6) is 0.141. The van der Waals surface area contributed by atoms with Crippen LogP contribution in [-0.4, -0.2) is 34.6 Å². The highest BCUT2D eigenvalue weighted by atomic mass is 33.1. The van der Waals surface area contributed by atoms with E-state index in [2.05, 4.69) is 46.0 Å². The summed E-state index contributed by atoms with van der Waals surface area (Å²) in [5.41, 5.74) is 0.438. The molecule has 1 aromatic rings. The third-order valence-electron chi connectivity index (χ3n) is 4.75.